The predicted molar refractivity (Wildman–Crippen MR) is 116 cm³/mol. The molecule has 0 saturated carbocycles. The third kappa shape index (κ3) is 9.25. The second-order valence-corrected chi connectivity index (χ2v) is 7.50. The van der Waals surface area contributed by atoms with Crippen molar-refractivity contribution >= 4 is 36.0 Å². The van der Waals surface area contributed by atoms with E-state index in [0.29, 0.717) is 25.6 Å². The molecule has 1 saturated heterocycles. The fourth-order valence-electron chi connectivity index (χ4n) is 2.92. The average molecular weight is 484 g/mol. The van der Waals surface area contributed by atoms with Crippen molar-refractivity contribution in [1.29, 1.82) is 0 Å². The molecule has 1 fully saturated rings. The van der Waals surface area contributed by atoms with Crippen molar-refractivity contribution in [2.24, 2.45) is 10.9 Å². The van der Waals surface area contributed by atoms with Gasteiger partial charge in [-0.3, -0.25) is 4.99 Å². The second-order valence-electron chi connectivity index (χ2n) is 7.50. The Morgan fingerprint density at radius 3 is 2.58 bits per heavy atom. The number of carbonyl (C=O) groups is 1. The molecule has 154 valence electrons. The van der Waals surface area contributed by atoms with Crippen LogP contribution in [0.25, 0.3) is 0 Å². The van der Waals surface area contributed by atoms with Gasteiger partial charge < -0.3 is 24.6 Å². The Bertz CT molecular complexity index is 441. The first-order chi connectivity index (χ1) is 11.8. The fraction of sp³-hybridized carbons (Fsp3) is 0.889. The summed E-state index contributed by atoms with van der Waals surface area (Å²) in [5.74, 6) is 1.45. The zero-order valence-electron chi connectivity index (χ0n) is 17.2. The maximum absolute atomic E-state index is 12.3. The average Bonchev–Trinajstić information content (AvgIpc) is 2.97. The summed E-state index contributed by atoms with van der Waals surface area (Å²) >= 11 is 0. The van der Waals surface area contributed by atoms with E-state index in [9.17, 15) is 4.79 Å². The van der Waals surface area contributed by atoms with Crippen molar-refractivity contribution in [2.45, 2.75) is 46.1 Å². The van der Waals surface area contributed by atoms with Crippen LogP contribution in [0.15, 0.2) is 4.99 Å². The molecule has 0 spiro atoms. The highest BCUT2D eigenvalue weighted by atomic mass is 127. The number of rotatable bonds is 7. The molecule has 7 nitrogen and oxygen atoms in total. The van der Waals surface area contributed by atoms with E-state index in [0.717, 1.165) is 38.5 Å². The highest BCUT2D eigenvalue weighted by Crippen LogP contribution is 2.16. The molecule has 0 aromatic heterocycles. The normalized spacial score (nSPS) is 17.7. The van der Waals surface area contributed by atoms with Crippen LogP contribution >= 0.6 is 24.0 Å². The van der Waals surface area contributed by atoms with Crippen molar-refractivity contribution in [2.75, 3.05) is 53.5 Å². The van der Waals surface area contributed by atoms with Crippen LogP contribution < -0.4 is 5.32 Å². The van der Waals surface area contributed by atoms with Crippen LogP contribution in [0, 0.1) is 5.92 Å². The van der Waals surface area contributed by atoms with E-state index in [1.807, 2.05) is 20.8 Å². The van der Waals surface area contributed by atoms with Gasteiger partial charge in [-0.05, 0) is 33.6 Å². The van der Waals surface area contributed by atoms with Gasteiger partial charge >= 0.3 is 6.09 Å². The highest BCUT2D eigenvalue weighted by molar-refractivity contribution is 14.0. The minimum absolute atomic E-state index is 0. The Hall–Kier alpha value is -0.770. The lowest BCUT2D eigenvalue weighted by Crippen LogP contribution is -2.45. The molecule has 1 aliphatic heterocycles. The van der Waals surface area contributed by atoms with Gasteiger partial charge in [0.15, 0.2) is 5.96 Å². The number of halogens is 1. The van der Waals surface area contributed by atoms with Gasteiger partial charge in [0, 0.05) is 52.8 Å². The summed E-state index contributed by atoms with van der Waals surface area (Å²) in [5, 5.41) is 3.37. The first-order valence-electron chi connectivity index (χ1n) is 9.23. The fourth-order valence-corrected chi connectivity index (χ4v) is 2.92. The molecule has 1 heterocycles. The van der Waals surface area contributed by atoms with Gasteiger partial charge in [-0.2, -0.15) is 0 Å². The second kappa shape index (κ2) is 12.6. The van der Waals surface area contributed by atoms with Crippen LogP contribution in [0.3, 0.4) is 0 Å². The van der Waals surface area contributed by atoms with Crippen molar-refractivity contribution in [3.05, 3.63) is 0 Å². The van der Waals surface area contributed by atoms with Gasteiger partial charge in [-0.15, -0.1) is 24.0 Å². The first kappa shape index (κ1) is 25.2. The Morgan fingerprint density at radius 2 is 2.04 bits per heavy atom. The van der Waals surface area contributed by atoms with Crippen LogP contribution in [0.1, 0.15) is 40.5 Å². The van der Waals surface area contributed by atoms with Gasteiger partial charge in [0.05, 0.1) is 6.61 Å². The molecule has 1 unspecified atom stereocenters. The lowest BCUT2D eigenvalue weighted by molar-refractivity contribution is 0.0253. The zero-order valence-corrected chi connectivity index (χ0v) is 19.5. The Morgan fingerprint density at radius 1 is 1.35 bits per heavy atom. The summed E-state index contributed by atoms with van der Waals surface area (Å²) in [5.41, 5.74) is -0.474. The lowest BCUT2D eigenvalue weighted by atomic mass is 10.1. The topological polar surface area (TPSA) is 66.4 Å². The molecule has 8 heteroatoms. The molecule has 1 N–H and O–H groups in total. The minimum Gasteiger partial charge on any atom is -0.444 e. The number of guanidine groups is 1. The standard InChI is InChI=1S/C18H36N4O3.HI/c1-7-10-21(17(23)25-18(2,3)4)12-9-20-16(19-5)22-11-8-15(13-22)14-24-6;/h15H,7-14H2,1-6H3,(H,19,20);1H. The van der Waals surface area contributed by atoms with Crippen molar-refractivity contribution in [1.82, 2.24) is 15.1 Å². The van der Waals surface area contributed by atoms with E-state index in [1.54, 1.807) is 19.1 Å². The zero-order chi connectivity index (χ0) is 18.9. The van der Waals surface area contributed by atoms with Crippen LogP contribution in [-0.4, -0.2) is 80.9 Å². The van der Waals surface area contributed by atoms with Crippen molar-refractivity contribution < 1.29 is 14.3 Å². The molecule has 26 heavy (non-hydrogen) atoms. The molecule has 0 aliphatic carbocycles. The van der Waals surface area contributed by atoms with Crippen LogP contribution in [-0.2, 0) is 9.47 Å². The summed E-state index contributed by atoms with van der Waals surface area (Å²) in [7, 11) is 3.54. The Balaban J connectivity index is 0.00000625. The molecular weight excluding hydrogens is 447 g/mol. The number of carbonyl (C=O) groups excluding carboxylic acids is 1. The van der Waals surface area contributed by atoms with Crippen LogP contribution in [0.5, 0.6) is 0 Å². The lowest BCUT2D eigenvalue weighted by Gasteiger charge is -2.28. The predicted octanol–water partition coefficient (Wildman–Crippen LogP) is 2.80. The molecule has 1 amide bonds. The third-order valence-electron chi connectivity index (χ3n) is 4.01. The number of likely N-dealkylation sites (tertiary alicyclic amines) is 1. The Labute approximate surface area is 175 Å². The number of nitrogens with zero attached hydrogens (tertiary/aromatic N) is 3. The first-order valence-corrected chi connectivity index (χ1v) is 9.23. The summed E-state index contributed by atoms with van der Waals surface area (Å²) in [6.45, 7) is 12.4. The third-order valence-corrected chi connectivity index (χ3v) is 4.01. The van der Waals surface area contributed by atoms with Gasteiger partial charge in [0.1, 0.15) is 5.60 Å². The number of ether oxygens (including phenoxy) is 2. The molecule has 1 rings (SSSR count). The number of methoxy groups -OCH3 is 1. The minimum atomic E-state index is -0.474. The molecule has 1 atom stereocenters. The highest BCUT2D eigenvalue weighted by Gasteiger charge is 2.25. The molecule has 0 radical (unpaired) electrons. The summed E-state index contributed by atoms with van der Waals surface area (Å²) < 4.78 is 10.7. The van der Waals surface area contributed by atoms with Gasteiger partial charge in [0.25, 0.3) is 0 Å². The van der Waals surface area contributed by atoms with Crippen LogP contribution in [0.2, 0.25) is 0 Å². The SMILES string of the molecule is CCCN(CCNC(=NC)N1CCC(COC)C1)C(=O)OC(C)(C)C.I. The smallest absolute Gasteiger partial charge is 0.410 e. The number of hydrogen-bond donors (Lipinski definition) is 1. The molecule has 1 aliphatic rings. The van der Waals surface area contributed by atoms with Gasteiger partial charge in [-0.25, -0.2) is 4.79 Å². The number of hydrogen-bond acceptors (Lipinski definition) is 4. The summed E-state index contributed by atoms with van der Waals surface area (Å²) in [4.78, 5) is 20.7. The molecule has 0 bridgehead atoms. The largest absolute Gasteiger partial charge is 0.444 e. The van der Waals surface area contributed by atoms with E-state index < -0.39 is 5.60 Å². The molecule has 0 aromatic carbocycles. The maximum Gasteiger partial charge on any atom is 0.410 e. The number of aliphatic imine (C=N–C) groups is 1. The van der Waals surface area contributed by atoms with Crippen molar-refractivity contribution in [3.8, 4) is 0 Å². The quantitative estimate of drug-likeness (QED) is 0.342. The van der Waals surface area contributed by atoms with E-state index >= 15 is 0 Å². The van der Waals surface area contributed by atoms with Crippen LogP contribution in [0.4, 0.5) is 4.79 Å². The van der Waals surface area contributed by atoms with Gasteiger partial charge in [-0.1, -0.05) is 6.92 Å². The molecule has 0 aromatic rings. The Kier molecular flexibility index (Phi) is 12.2. The summed E-state index contributed by atoms with van der Waals surface area (Å²) in [6.07, 6.45) is 1.76. The number of amides is 1. The van der Waals surface area contributed by atoms with E-state index in [1.165, 1.54) is 0 Å². The molecular formula is C18H37IN4O3. The van der Waals surface area contributed by atoms with E-state index in [4.69, 9.17) is 9.47 Å². The summed E-state index contributed by atoms with van der Waals surface area (Å²) in [6, 6.07) is 0. The number of nitrogens with one attached hydrogen (secondary N) is 1. The maximum atomic E-state index is 12.3. The monoisotopic (exact) mass is 484 g/mol. The van der Waals surface area contributed by atoms with E-state index in [-0.39, 0.29) is 30.1 Å². The van der Waals surface area contributed by atoms with E-state index in [2.05, 4.69) is 22.1 Å². The van der Waals surface area contributed by atoms with Crippen molar-refractivity contribution in [3.63, 3.8) is 0 Å². The van der Waals surface area contributed by atoms with Gasteiger partial charge in [0.2, 0.25) is 0 Å².